The molecule has 0 spiro atoms. The molecule has 140 valence electrons. The van der Waals surface area contributed by atoms with Gasteiger partial charge in [0.25, 0.3) is 5.91 Å². The first-order chi connectivity index (χ1) is 13.1. The largest absolute Gasteiger partial charge is 0.497 e. The summed E-state index contributed by atoms with van der Waals surface area (Å²) >= 11 is 1.41. The Morgan fingerprint density at radius 1 is 1.04 bits per heavy atom. The van der Waals surface area contributed by atoms with Crippen LogP contribution in [0, 0.1) is 0 Å². The summed E-state index contributed by atoms with van der Waals surface area (Å²) in [6, 6.07) is 14.8. The van der Waals surface area contributed by atoms with Crippen LogP contribution in [-0.2, 0) is 4.79 Å². The van der Waals surface area contributed by atoms with Gasteiger partial charge in [0.05, 0.1) is 19.9 Å². The van der Waals surface area contributed by atoms with Crippen LogP contribution in [0.5, 0.6) is 17.2 Å². The predicted octanol–water partition coefficient (Wildman–Crippen LogP) is 3.87. The number of carbonyl (C=O) groups excluding carboxylic acids is 1. The zero-order valence-corrected chi connectivity index (χ0v) is 16.2. The van der Waals surface area contributed by atoms with Crippen molar-refractivity contribution in [1.29, 1.82) is 0 Å². The van der Waals surface area contributed by atoms with Gasteiger partial charge in [-0.1, -0.05) is 6.07 Å². The number of hydrogen-bond acceptors (Lipinski definition) is 6. The molecule has 0 fully saturated rings. The van der Waals surface area contributed by atoms with Crippen molar-refractivity contribution in [2.24, 2.45) is 0 Å². The number of nitrogens with zero attached hydrogens (tertiary/aromatic N) is 2. The Morgan fingerprint density at radius 2 is 1.74 bits per heavy atom. The van der Waals surface area contributed by atoms with Gasteiger partial charge in [0.1, 0.15) is 17.2 Å². The molecule has 0 bridgehead atoms. The summed E-state index contributed by atoms with van der Waals surface area (Å²) in [4.78, 5) is 18.5. The zero-order chi connectivity index (χ0) is 19.2. The second-order valence-electron chi connectivity index (χ2n) is 5.66. The van der Waals surface area contributed by atoms with E-state index in [1.165, 1.54) is 16.2 Å². The van der Waals surface area contributed by atoms with E-state index in [4.69, 9.17) is 14.2 Å². The number of hydrogen-bond donors (Lipinski definition) is 0. The number of thiazole rings is 1. The van der Waals surface area contributed by atoms with Gasteiger partial charge in [0.15, 0.2) is 11.7 Å². The summed E-state index contributed by atoms with van der Waals surface area (Å²) in [5.74, 6) is 1.86. The zero-order valence-electron chi connectivity index (χ0n) is 15.3. The maximum absolute atomic E-state index is 12.4. The Bertz CT molecular complexity index is 908. The average Bonchev–Trinajstić information content (AvgIpc) is 3.21. The molecule has 7 heteroatoms. The molecule has 27 heavy (non-hydrogen) atoms. The lowest BCUT2D eigenvalue weighted by molar-refractivity contribution is -0.120. The standard InChI is InChI=1S/C20H20N2O4S/c1-22(19(23)12-26-17-6-4-5-16(11-17)25-3)20-21-18(13-27-20)14-7-9-15(24-2)10-8-14/h4-11,13H,12H2,1-3H3. The molecule has 1 aromatic heterocycles. The number of methoxy groups -OCH3 is 2. The Hall–Kier alpha value is -3.06. The van der Waals surface area contributed by atoms with Crippen molar-refractivity contribution in [3.8, 4) is 28.5 Å². The number of anilines is 1. The summed E-state index contributed by atoms with van der Waals surface area (Å²) in [7, 11) is 4.90. The van der Waals surface area contributed by atoms with Gasteiger partial charge in [-0.15, -0.1) is 11.3 Å². The predicted molar refractivity (Wildman–Crippen MR) is 106 cm³/mol. The molecule has 1 amide bonds. The van der Waals surface area contributed by atoms with Crippen LogP contribution in [0.4, 0.5) is 5.13 Å². The second-order valence-corrected chi connectivity index (χ2v) is 6.50. The Labute approximate surface area is 161 Å². The minimum absolute atomic E-state index is 0.0822. The quantitative estimate of drug-likeness (QED) is 0.619. The molecule has 0 N–H and O–H groups in total. The number of ether oxygens (including phenoxy) is 3. The van der Waals surface area contributed by atoms with E-state index in [1.54, 1.807) is 33.4 Å². The van der Waals surface area contributed by atoms with E-state index in [0.717, 1.165) is 17.0 Å². The highest BCUT2D eigenvalue weighted by atomic mass is 32.1. The van der Waals surface area contributed by atoms with Gasteiger partial charge in [-0.05, 0) is 36.4 Å². The Balaban J connectivity index is 1.63. The lowest BCUT2D eigenvalue weighted by atomic mass is 10.2. The lowest BCUT2D eigenvalue weighted by Gasteiger charge is -2.14. The molecule has 0 aliphatic heterocycles. The molecule has 0 saturated heterocycles. The van der Waals surface area contributed by atoms with E-state index in [9.17, 15) is 4.79 Å². The van der Waals surface area contributed by atoms with Crippen LogP contribution in [0.1, 0.15) is 0 Å². The van der Waals surface area contributed by atoms with Gasteiger partial charge in [0.2, 0.25) is 0 Å². The van der Waals surface area contributed by atoms with Crippen molar-refractivity contribution in [3.63, 3.8) is 0 Å². The van der Waals surface area contributed by atoms with Crippen LogP contribution >= 0.6 is 11.3 Å². The van der Waals surface area contributed by atoms with Crippen molar-refractivity contribution in [2.75, 3.05) is 32.8 Å². The van der Waals surface area contributed by atoms with E-state index in [1.807, 2.05) is 41.8 Å². The molecule has 0 atom stereocenters. The molecule has 3 rings (SSSR count). The fraction of sp³-hybridized carbons (Fsp3) is 0.200. The smallest absolute Gasteiger partial charge is 0.266 e. The summed E-state index contributed by atoms with van der Waals surface area (Å²) < 4.78 is 15.9. The fourth-order valence-corrected chi connectivity index (χ4v) is 3.17. The number of rotatable bonds is 7. The molecule has 1 heterocycles. The third kappa shape index (κ3) is 4.57. The maximum Gasteiger partial charge on any atom is 0.266 e. The fourth-order valence-electron chi connectivity index (χ4n) is 2.35. The van der Waals surface area contributed by atoms with Crippen molar-refractivity contribution in [2.45, 2.75) is 0 Å². The molecule has 0 aliphatic carbocycles. The molecular weight excluding hydrogens is 364 g/mol. The van der Waals surface area contributed by atoms with Crippen LogP contribution in [0.2, 0.25) is 0 Å². The number of amides is 1. The van der Waals surface area contributed by atoms with Gasteiger partial charge in [-0.3, -0.25) is 9.69 Å². The number of aromatic nitrogens is 1. The highest BCUT2D eigenvalue weighted by Crippen LogP contribution is 2.28. The van der Waals surface area contributed by atoms with E-state index in [-0.39, 0.29) is 12.5 Å². The Morgan fingerprint density at radius 3 is 2.44 bits per heavy atom. The molecule has 0 aliphatic rings. The highest BCUT2D eigenvalue weighted by molar-refractivity contribution is 7.14. The van der Waals surface area contributed by atoms with E-state index >= 15 is 0 Å². The van der Waals surface area contributed by atoms with Gasteiger partial charge >= 0.3 is 0 Å². The molecule has 2 aromatic carbocycles. The summed E-state index contributed by atoms with van der Waals surface area (Å²) in [5, 5.41) is 2.53. The van der Waals surface area contributed by atoms with Crippen molar-refractivity contribution in [3.05, 3.63) is 53.9 Å². The minimum Gasteiger partial charge on any atom is -0.497 e. The lowest BCUT2D eigenvalue weighted by Crippen LogP contribution is -2.31. The molecular formula is C20H20N2O4S. The minimum atomic E-state index is -0.187. The SMILES string of the molecule is COc1ccc(-c2csc(N(C)C(=O)COc3cccc(OC)c3)n2)cc1. The molecule has 0 radical (unpaired) electrons. The number of likely N-dealkylation sites (N-methyl/N-ethyl adjacent to an activating group) is 1. The molecule has 6 nitrogen and oxygen atoms in total. The van der Waals surface area contributed by atoms with Crippen LogP contribution < -0.4 is 19.1 Å². The van der Waals surface area contributed by atoms with Crippen LogP contribution in [-0.4, -0.2) is 38.8 Å². The van der Waals surface area contributed by atoms with E-state index in [2.05, 4.69) is 4.98 Å². The maximum atomic E-state index is 12.4. The summed E-state index contributed by atoms with van der Waals surface area (Å²) in [5.41, 5.74) is 1.78. The van der Waals surface area contributed by atoms with E-state index < -0.39 is 0 Å². The first-order valence-electron chi connectivity index (χ1n) is 8.24. The summed E-state index contributed by atoms with van der Waals surface area (Å²) in [6.45, 7) is -0.0822. The topological polar surface area (TPSA) is 60.9 Å². The average molecular weight is 384 g/mol. The van der Waals surface area contributed by atoms with Crippen molar-refractivity contribution >= 4 is 22.4 Å². The van der Waals surface area contributed by atoms with Gasteiger partial charge < -0.3 is 14.2 Å². The monoisotopic (exact) mass is 384 g/mol. The van der Waals surface area contributed by atoms with Crippen LogP contribution in [0.25, 0.3) is 11.3 Å². The number of benzene rings is 2. The van der Waals surface area contributed by atoms with E-state index in [0.29, 0.717) is 16.6 Å². The molecule has 3 aromatic rings. The number of carbonyl (C=O) groups is 1. The Kier molecular flexibility index (Phi) is 5.93. The van der Waals surface area contributed by atoms with Crippen molar-refractivity contribution < 1.29 is 19.0 Å². The normalized spacial score (nSPS) is 10.3. The third-order valence-corrected chi connectivity index (χ3v) is 4.86. The first kappa shape index (κ1) is 18.7. The highest BCUT2D eigenvalue weighted by Gasteiger charge is 2.16. The first-order valence-corrected chi connectivity index (χ1v) is 9.12. The van der Waals surface area contributed by atoms with Gasteiger partial charge in [-0.2, -0.15) is 0 Å². The third-order valence-electron chi connectivity index (χ3n) is 3.94. The van der Waals surface area contributed by atoms with Crippen molar-refractivity contribution in [1.82, 2.24) is 4.98 Å². The van der Waals surface area contributed by atoms with Crippen LogP contribution in [0.15, 0.2) is 53.9 Å². The summed E-state index contributed by atoms with van der Waals surface area (Å²) in [6.07, 6.45) is 0. The second kappa shape index (κ2) is 8.55. The van der Waals surface area contributed by atoms with Crippen LogP contribution in [0.3, 0.4) is 0 Å². The molecule has 0 saturated carbocycles. The van der Waals surface area contributed by atoms with Gasteiger partial charge in [0, 0.05) is 24.1 Å². The van der Waals surface area contributed by atoms with Gasteiger partial charge in [-0.25, -0.2) is 4.98 Å². The molecule has 0 unspecified atom stereocenters.